The van der Waals surface area contributed by atoms with Gasteiger partial charge < -0.3 is 9.13 Å². The van der Waals surface area contributed by atoms with Gasteiger partial charge in [-0.05, 0) is 40.3 Å². The lowest BCUT2D eigenvalue weighted by Crippen LogP contribution is -2.60. The smallest absolute Gasteiger partial charge is 0.205 e. The van der Waals surface area contributed by atoms with E-state index < -0.39 is 8.40 Å². The second kappa shape index (κ2) is 7.42. The van der Waals surface area contributed by atoms with Gasteiger partial charge >= 0.3 is 0 Å². The molecule has 0 saturated carbocycles. The fourth-order valence-corrected chi connectivity index (χ4v) is 7.02. The third-order valence-corrected chi connectivity index (χ3v) is 9.16. The molecule has 0 rings (SSSR count). The summed E-state index contributed by atoms with van der Waals surface area (Å²) in [6.07, 6.45) is 5.41. The summed E-state index contributed by atoms with van der Waals surface area (Å²) in [4.78, 5) is 0. The molecule has 0 atom stereocenters. The molecule has 2 nitrogen and oxygen atoms in total. The normalized spacial score (nSPS) is 12.8. The zero-order valence-corrected chi connectivity index (χ0v) is 12.6. The molecule has 0 amide bonds. The van der Waals surface area contributed by atoms with Crippen LogP contribution in [-0.4, -0.2) is 45.7 Å². The Morgan fingerprint density at radius 1 is 0.733 bits per heavy atom. The van der Waals surface area contributed by atoms with E-state index in [2.05, 4.69) is 51.2 Å². The Balaban J connectivity index is 4.57. The van der Waals surface area contributed by atoms with Crippen LogP contribution in [0.3, 0.4) is 0 Å². The highest BCUT2D eigenvalue weighted by molar-refractivity contribution is 6.74. The van der Waals surface area contributed by atoms with E-state index in [4.69, 9.17) is 0 Å². The molecule has 92 valence electrons. The highest BCUT2D eigenvalue weighted by Crippen LogP contribution is 2.25. The maximum Gasteiger partial charge on any atom is 0.205 e. The lowest BCUT2D eigenvalue weighted by atomic mass is 10.4. The molecule has 0 saturated heterocycles. The zero-order chi connectivity index (χ0) is 11.9. The molecule has 0 aromatic rings. The number of rotatable bonds is 8. The monoisotopic (exact) mass is 230 g/mol. The Labute approximate surface area is 97.8 Å². The molecule has 0 heterocycles. The van der Waals surface area contributed by atoms with Crippen molar-refractivity contribution < 1.29 is 0 Å². The molecule has 0 aliphatic rings. The van der Waals surface area contributed by atoms with Crippen LogP contribution in [0.2, 0.25) is 12.1 Å². The van der Waals surface area contributed by atoms with Crippen molar-refractivity contribution in [2.45, 2.75) is 51.6 Å². The van der Waals surface area contributed by atoms with Gasteiger partial charge in [0.1, 0.15) is 0 Å². The van der Waals surface area contributed by atoms with Crippen LogP contribution in [0.5, 0.6) is 0 Å². The molecular formula is C12H30N2Si. The third kappa shape index (κ3) is 4.25. The van der Waals surface area contributed by atoms with Gasteiger partial charge in [0.15, 0.2) is 0 Å². The minimum Gasteiger partial charge on any atom is -0.317 e. The lowest BCUT2D eigenvalue weighted by Gasteiger charge is -2.43. The highest BCUT2D eigenvalue weighted by atomic mass is 28.3. The van der Waals surface area contributed by atoms with Gasteiger partial charge in [-0.3, -0.25) is 0 Å². The lowest BCUT2D eigenvalue weighted by molar-refractivity contribution is 0.463. The van der Waals surface area contributed by atoms with E-state index in [0.717, 1.165) is 0 Å². The summed E-state index contributed by atoms with van der Waals surface area (Å²) < 4.78 is 5.08. The van der Waals surface area contributed by atoms with Crippen LogP contribution in [0.1, 0.15) is 39.5 Å². The van der Waals surface area contributed by atoms with Gasteiger partial charge in [-0.1, -0.05) is 39.5 Å². The number of unbranched alkanes of at least 4 members (excludes halogenated alkanes) is 2. The first-order chi connectivity index (χ1) is 7.01. The second-order valence-electron chi connectivity index (χ2n) is 4.98. The largest absolute Gasteiger partial charge is 0.317 e. The average molecular weight is 230 g/mol. The van der Waals surface area contributed by atoms with Crippen molar-refractivity contribution in [3.8, 4) is 0 Å². The van der Waals surface area contributed by atoms with Crippen LogP contribution in [0, 0.1) is 0 Å². The molecule has 0 unspecified atom stereocenters. The summed E-state index contributed by atoms with van der Waals surface area (Å²) in [5, 5.41) is 0. The van der Waals surface area contributed by atoms with Gasteiger partial charge in [0.05, 0.1) is 0 Å². The molecule has 3 heteroatoms. The predicted octanol–water partition coefficient (Wildman–Crippen LogP) is 3.15. The van der Waals surface area contributed by atoms with Crippen LogP contribution in [0.15, 0.2) is 0 Å². The zero-order valence-electron chi connectivity index (χ0n) is 11.6. The van der Waals surface area contributed by atoms with Crippen molar-refractivity contribution in [3.63, 3.8) is 0 Å². The highest BCUT2D eigenvalue weighted by Gasteiger charge is 2.37. The summed E-state index contributed by atoms with van der Waals surface area (Å²) in [7, 11) is 7.78. The molecular weight excluding hydrogens is 200 g/mol. The minimum absolute atomic E-state index is 1.32. The molecule has 0 N–H and O–H groups in total. The Morgan fingerprint density at radius 3 is 1.27 bits per heavy atom. The molecule has 0 spiro atoms. The Hall–Kier alpha value is 0.137. The van der Waals surface area contributed by atoms with Gasteiger partial charge in [-0.2, -0.15) is 0 Å². The average Bonchev–Trinajstić information content (AvgIpc) is 2.17. The number of hydrogen-bond donors (Lipinski definition) is 0. The summed E-state index contributed by atoms with van der Waals surface area (Å²) in [6, 6.07) is 2.84. The molecule has 0 aliphatic carbocycles. The van der Waals surface area contributed by atoms with E-state index in [-0.39, 0.29) is 0 Å². The van der Waals surface area contributed by atoms with Crippen LogP contribution in [-0.2, 0) is 0 Å². The Kier molecular flexibility index (Phi) is 7.48. The molecule has 0 bridgehead atoms. The van der Waals surface area contributed by atoms with E-state index in [1.165, 1.54) is 37.8 Å². The first-order valence-corrected chi connectivity index (χ1v) is 8.67. The standard InChI is InChI=1S/C12H30N2Si/c1-7-9-11-15(13(3)4,14(5)6)12-10-8-2/h7-12H2,1-6H3. The molecule has 0 radical (unpaired) electrons. The fraction of sp³-hybridized carbons (Fsp3) is 1.00. The van der Waals surface area contributed by atoms with Gasteiger partial charge in [0, 0.05) is 0 Å². The fourth-order valence-electron chi connectivity index (χ4n) is 2.34. The van der Waals surface area contributed by atoms with Gasteiger partial charge in [-0.25, -0.2) is 0 Å². The van der Waals surface area contributed by atoms with Gasteiger partial charge in [0.25, 0.3) is 0 Å². The Bertz CT molecular complexity index is 140. The SMILES string of the molecule is CCCC[Si](CCCC)(N(C)C)N(C)C. The Morgan fingerprint density at radius 2 is 1.07 bits per heavy atom. The van der Waals surface area contributed by atoms with Gasteiger partial charge in [-0.15, -0.1) is 0 Å². The van der Waals surface area contributed by atoms with Crippen molar-refractivity contribution in [1.82, 2.24) is 9.13 Å². The van der Waals surface area contributed by atoms with E-state index in [1.807, 2.05) is 0 Å². The minimum atomic E-state index is -1.33. The topological polar surface area (TPSA) is 6.48 Å². The number of hydrogen-bond acceptors (Lipinski definition) is 2. The molecule has 15 heavy (non-hydrogen) atoms. The maximum absolute atomic E-state index is 2.54. The summed E-state index contributed by atoms with van der Waals surface area (Å²) in [5.74, 6) is 0. The molecule has 0 aliphatic heterocycles. The van der Waals surface area contributed by atoms with E-state index >= 15 is 0 Å². The van der Waals surface area contributed by atoms with Crippen molar-refractivity contribution in [3.05, 3.63) is 0 Å². The summed E-state index contributed by atoms with van der Waals surface area (Å²) in [6.45, 7) is 4.59. The van der Waals surface area contributed by atoms with Crippen LogP contribution < -0.4 is 0 Å². The quantitative estimate of drug-likeness (QED) is 0.591. The van der Waals surface area contributed by atoms with E-state index in [9.17, 15) is 0 Å². The number of nitrogens with zero attached hydrogens (tertiary/aromatic N) is 2. The van der Waals surface area contributed by atoms with Crippen molar-refractivity contribution in [1.29, 1.82) is 0 Å². The maximum atomic E-state index is 2.54. The van der Waals surface area contributed by atoms with Crippen molar-refractivity contribution >= 4 is 8.40 Å². The molecule has 0 aromatic carbocycles. The van der Waals surface area contributed by atoms with Crippen molar-refractivity contribution in [2.75, 3.05) is 28.2 Å². The van der Waals surface area contributed by atoms with Crippen LogP contribution in [0.4, 0.5) is 0 Å². The van der Waals surface area contributed by atoms with Crippen LogP contribution in [0.25, 0.3) is 0 Å². The summed E-state index contributed by atoms with van der Waals surface area (Å²) >= 11 is 0. The third-order valence-electron chi connectivity index (χ3n) is 3.53. The van der Waals surface area contributed by atoms with E-state index in [1.54, 1.807) is 0 Å². The molecule has 0 fully saturated rings. The predicted molar refractivity (Wildman–Crippen MR) is 72.6 cm³/mol. The first-order valence-electron chi connectivity index (χ1n) is 6.36. The van der Waals surface area contributed by atoms with Gasteiger partial charge in [0.2, 0.25) is 8.40 Å². The molecule has 0 aromatic heterocycles. The van der Waals surface area contributed by atoms with Crippen LogP contribution >= 0.6 is 0 Å². The van der Waals surface area contributed by atoms with Crippen molar-refractivity contribution in [2.24, 2.45) is 0 Å². The second-order valence-corrected chi connectivity index (χ2v) is 9.73. The first kappa shape index (κ1) is 15.1. The summed E-state index contributed by atoms with van der Waals surface area (Å²) in [5.41, 5.74) is 0. The van der Waals surface area contributed by atoms with E-state index in [0.29, 0.717) is 0 Å².